The molecule has 1 aliphatic rings. The van der Waals surface area contributed by atoms with Crippen LogP contribution in [0.2, 0.25) is 0 Å². The van der Waals surface area contributed by atoms with Crippen molar-refractivity contribution in [2.75, 3.05) is 25.1 Å². The third-order valence-electron chi connectivity index (χ3n) is 4.74. The monoisotopic (exact) mass is 377 g/mol. The van der Waals surface area contributed by atoms with Gasteiger partial charge in [-0.15, -0.1) is 0 Å². The number of amides is 1. The van der Waals surface area contributed by atoms with Crippen LogP contribution in [0.5, 0.6) is 5.75 Å². The standard InChI is InChI=1S/C21H31NO5/c1-5-8-13-26-18-12-11-16(14-17(18)19(23)25-6-2)22-20(24)21(4,27-7-3)15-9-10-15/h11-12,14-15H,5-10,13H2,1-4H3,(H,22,24). The average Bonchev–Trinajstić information content (AvgIpc) is 3.48. The normalized spacial score (nSPS) is 15.7. The molecule has 0 aromatic heterocycles. The lowest BCUT2D eigenvalue weighted by Crippen LogP contribution is -2.44. The highest BCUT2D eigenvalue weighted by Crippen LogP contribution is 2.42. The Hall–Kier alpha value is -2.08. The predicted octanol–water partition coefficient (Wildman–Crippen LogP) is 4.19. The zero-order valence-corrected chi connectivity index (χ0v) is 16.8. The van der Waals surface area contributed by atoms with Gasteiger partial charge in [-0.1, -0.05) is 13.3 Å². The van der Waals surface area contributed by atoms with Crippen LogP contribution >= 0.6 is 0 Å². The first-order valence-corrected chi connectivity index (χ1v) is 9.85. The number of hydrogen-bond acceptors (Lipinski definition) is 5. The zero-order valence-electron chi connectivity index (χ0n) is 16.8. The third kappa shape index (κ3) is 5.45. The molecule has 6 nitrogen and oxygen atoms in total. The number of rotatable bonds is 11. The van der Waals surface area contributed by atoms with Crippen LogP contribution in [-0.4, -0.2) is 37.3 Å². The van der Waals surface area contributed by atoms with Crippen LogP contribution in [-0.2, 0) is 14.3 Å². The Balaban J connectivity index is 2.19. The second-order valence-corrected chi connectivity index (χ2v) is 6.90. The van der Waals surface area contributed by atoms with Crippen molar-refractivity contribution in [2.45, 2.75) is 59.0 Å². The first-order valence-electron chi connectivity index (χ1n) is 9.85. The van der Waals surface area contributed by atoms with Gasteiger partial charge in [-0.3, -0.25) is 4.79 Å². The number of anilines is 1. The molecule has 1 aromatic rings. The Morgan fingerprint density at radius 3 is 2.52 bits per heavy atom. The number of esters is 1. The first-order chi connectivity index (χ1) is 13.0. The molecule has 0 bridgehead atoms. The van der Waals surface area contributed by atoms with Crippen molar-refractivity contribution >= 4 is 17.6 Å². The molecule has 0 spiro atoms. The molecule has 2 rings (SSSR count). The molecule has 0 saturated heterocycles. The van der Waals surface area contributed by atoms with Gasteiger partial charge in [0.15, 0.2) is 0 Å². The summed E-state index contributed by atoms with van der Waals surface area (Å²) in [5.41, 5.74) is -0.0115. The van der Waals surface area contributed by atoms with E-state index in [0.717, 1.165) is 25.7 Å². The van der Waals surface area contributed by atoms with Crippen LogP contribution in [0, 0.1) is 5.92 Å². The molecular formula is C21H31NO5. The largest absolute Gasteiger partial charge is 0.493 e. The lowest BCUT2D eigenvalue weighted by Gasteiger charge is -2.28. The molecule has 1 saturated carbocycles. The number of benzene rings is 1. The summed E-state index contributed by atoms with van der Waals surface area (Å²) < 4.78 is 16.6. The van der Waals surface area contributed by atoms with Crippen molar-refractivity contribution in [3.05, 3.63) is 23.8 Å². The summed E-state index contributed by atoms with van der Waals surface area (Å²) in [6.07, 6.45) is 3.87. The summed E-state index contributed by atoms with van der Waals surface area (Å²) in [5.74, 6) is 0.0458. The molecule has 1 amide bonds. The first kappa shape index (κ1) is 21.2. The molecule has 0 radical (unpaired) electrons. The van der Waals surface area contributed by atoms with Gasteiger partial charge in [-0.25, -0.2) is 4.79 Å². The fourth-order valence-corrected chi connectivity index (χ4v) is 2.99. The van der Waals surface area contributed by atoms with Crippen LogP contribution in [0.1, 0.15) is 63.7 Å². The van der Waals surface area contributed by atoms with E-state index in [4.69, 9.17) is 14.2 Å². The van der Waals surface area contributed by atoms with Crippen molar-refractivity contribution < 1.29 is 23.8 Å². The molecule has 1 aliphatic carbocycles. The molecule has 27 heavy (non-hydrogen) atoms. The highest BCUT2D eigenvalue weighted by molar-refractivity contribution is 6.00. The minimum atomic E-state index is -0.852. The summed E-state index contributed by atoms with van der Waals surface area (Å²) in [4.78, 5) is 25.1. The van der Waals surface area contributed by atoms with E-state index in [1.54, 1.807) is 25.1 Å². The highest BCUT2D eigenvalue weighted by Gasteiger charge is 2.48. The van der Waals surface area contributed by atoms with Crippen molar-refractivity contribution in [3.63, 3.8) is 0 Å². The Kier molecular flexibility index (Phi) is 7.66. The molecule has 0 aliphatic heterocycles. The Morgan fingerprint density at radius 2 is 1.93 bits per heavy atom. The molecule has 1 atom stereocenters. The van der Waals surface area contributed by atoms with Crippen LogP contribution in [0.15, 0.2) is 18.2 Å². The third-order valence-corrected chi connectivity index (χ3v) is 4.74. The van der Waals surface area contributed by atoms with E-state index in [1.165, 1.54) is 0 Å². The second kappa shape index (κ2) is 9.74. The van der Waals surface area contributed by atoms with E-state index in [-0.39, 0.29) is 18.4 Å². The molecular weight excluding hydrogens is 346 g/mol. The highest BCUT2D eigenvalue weighted by atomic mass is 16.5. The predicted molar refractivity (Wildman–Crippen MR) is 104 cm³/mol. The lowest BCUT2D eigenvalue weighted by molar-refractivity contribution is -0.141. The van der Waals surface area contributed by atoms with E-state index in [1.807, 2.05) is 13.8 Å². The molecule has 1 unspecified atom stereocenters. The van der Waals surface area contributed by atoms with Crippen molar-refractivity contribution in [1.29, 1.82) is 0 Å². The van der Waals surface area contributed by atoms with Gasteiger partial charge in [0.25, 0.3) is 5.91 Å². The number of ether oxygens (including phenoxy) is 3. The maximum atomic E-state index is 12.8. The van der Waals surface area contributed by atoms with Crippen molar-refractivity contribution in [1.82, 2.24) is 0 Å². The number of carbonyl (C=O) groups is 2. The van der Waals surface area contributed by atoms with E-state index < -0.39 is 11.6 Å². The van der Waals surface area contributed by atoms with Gasteiger partial charge in [0, 0.05) is 12.3 Å². The topological polar surface area (TPSA) is 73.9 Å². The van der Waals surface area contributed by atoms with E-state index in [2.05, 4.69) is 12.2 Å². The molecule has 150 valence electrons. The Labute approximate surface area is 161 Å². The van der Waals surface area contributed by atoms with Gasteiger partial charge in [0.2, 0.25) is 0 Å². The minimum Gasteiger partial charge on any atom is -0.493 e. The number of hydrogen-bond donors (Lipinski definition) is 1. The Morgan fingerprint density at radius 1 is 1.19 bits per heavy atom. The van der Waals surface area contributed by atoms with E-state index in [0.29, 0.717) is 30.2 Å². The van der Waals surface area contributed by atoms with Gasteiger partial charge >= 0.3 is 5.97 Å². The van der Waals surface area contributed by atoms with Gasteiger partial charge in [-0.2, -0.15) is 0 Å². The van der Waals surface area contributed by atoms with Gasteiger partial charge in [-0.05, 0) is 64.2 Å². The second-order valence-electron chi connectivity index (χ2n) is 6.90. The van der Waals surface area contributed by atoms with Crippen LogP contribution in [0.3, 0.4) is 0 Å². The summed E-state index contributed by atoms with van der Waals surface area (Å²) >= 11 is 0. The fourth-order valence-electron chi connectivity index (χ4n) is 2.99. The maximum Gasteiger partial charge on any atom is 0.341 e. The van der Waals surface area contributed by atoms with Gasteiger partial charge in [0.1, 0.15) is 16.9 Å². The minimum absolute atomic E-state index is 0.193. The summed E-state index contributed by atoms with van der Waals surface area (Å²) in [5, 5.41) is 2.89. The van der Waals surface area contributed by atoms with Gasteiger partial charge < -0.3 is 19.5 Å². The molecule has 1 aromatic carbocycles. The average molecular weight is 377 g/mol. The molecule has 6 heteroatoms. The smallest absolute Gasteiger partial charge is 0.341 e. The summed E-state index contributed by atoms with van der Waals surface area (Å²) in [7, 11) is 0. The van der Waals surface area contributed by atoms with Crippen LogP contribution in [0.4, 0.5) is 5.69 Å². The van der Waals surface area contributed by atoms with Crippen LogP contribution < -0.4 is 10.1 Å². The quantitative estimate of drug-likeness (QED) is 0.462. The molecule has 1 fully saturated rings. The Bertz CT molecular complexity index is 656. The van der Waals surface area contributed by atoms with Crippen LogP contribution in [0.25, 0.3) is 0 Å². The van der Waals surface area contributed by atoms with E-state index in [9.17, 15) is 9.59 Å². The van der Waals surface area contributed by atoms with Crippen molar-refractivity contribution in [2.24, 2.45) is 5.92 Å². The number of carbonyl (C=O) groups excluding carboxylic acids is 2. The molecule has 0 heterocycles. The SMILES string of the molecule is CCCCOc1ccc(NC(=O)C(C)(OCC)C2CC2)cc1C(=O)OCC. The molecule has 1 N–H and O–H groups in total. The van der Waals surface area contributed by atoms with Crippen molar-refractivity contribution in [3.8, 4) is 5.75 Å². The number of unbranched alkanes of at least 4 members (excludes halogenated alkanes) is 1. The van der Waals surface area contributed by atoms with E-state index >= 15 is 0 Å². The summed E-state index contributed by atoms with van der Waals surface area (Å²) in [6.45, 7) is 8.81. The maximum absolute atomic E-state index is 12.8. The number of nitrogens with one attached hydrogen (secondary N) is 1. The summed E-state index contributed by atoms with van der Waals surface area (Å²) in [6, 6.07) is 5.05. The van der Waals surface area contributed by atoms with Gasteiger partial charge in [0.05, 0.1) is 13.2 Å². The fraction of sp³-hybridized carbons (Fsp3) is 0.619. The lowest BCUT2D eigenvalue weighted by atomic mass is 9.98. The zero-order chi connectivity index (χ0) is 19.9.